The van der Waals surface area contributed by atoms with Crippen LogP contribution in [0.2, 0.25) is 0 Å². The third kappa shape index (κ3) is 3.44. The molecule has 74 valence electrons. The second-order valence-corrected chi connectivity index (χ2v) is 3.27. The molecule has 0 amide bonds. The summed E-state index contributed by atoms with van der Waals surface area (Å²) < 4.78 is 0. The van der Waals surface area contributed by atoms with Gasteiger partial charge in [0.2, 0.25) is 0 Å². The lowest BCUT2D eigenvalue weighted by molar-refractivity contribution is -0.136. The molecule has 1 rings (SSSR count). The minimum Gasteiger partial charge on any atom is -0.481 e. The van der Waals surface area contributed by atoms with Gasteiger partial charge in [-0.05, 0) is 12.8 Å². The summed E-state index contributed by atoms with van der Waals surface area (Å²) in [5.41, 5.74) is 0.890. The Balaban J connectivity index is 2.20. The molecule has 0 aliphatic carbocycles. The number of nitrogens with zero attached hydrogens (tertiary/aromatic N) is 1. The molecule has 0 aromatic rings. The van der Waals surface area contributed by atoms with Crippen molar-refractivity contribution in [2.75, 3.05) is 0 Å². The van der Waals surface area contributed by atoms with Gasteiger partial charge in [-0.1, -0.05) is 18.5 Å². The molecular formula is C9H15NO3. The van der Waals surface area contributed by atoms with E-state index in [0.29, 0.717) is 6.42 Å². The first kappa shape index (κ1) is 10.0. The molecule has 1 unspecified atom stereocenters. The first-order chi connectivity index (χ1) is 6.22. The van der Waals surface area contributed by atoms with Crippen LogP contribution in [-0.4, -0.2) is 22.9 Å². The minimum absolute atomic E-state index is 0.154. The maximum absolute atomic E-state index is 10.3. The number of carbonyl (C=O) groups is 1. The zero-order valence-electron chi connectivity index (χ0n) is 7.82. The van der Waals surface area contributed by atoms with E-state index in [1.54, 1.807) is 0 Å². The van der Waals surface area contributed by atoms with Crippen LogP contribution in [0.5, 0.6) is 0 Å². The fourth-order valence-corrected chi connectivity index (χ4v) is 1.36. The van der Waals surface area contributed by atoms with E-state index in [9.17, 15) is 4.79 Å². The van der Waals surface area contributed by atoms with E-state index in [-0.39, 0.29) is 12.5 Å². The summed E-state index contributed by atoms with van der Waals surface area (Å²) in [6.07, 6.45) is 3.75. The normalized spacial score (nSPS) is 21.0. The average Bonchev–Trinajstić information content (AvgIpc) is 2.50. The zero-order valence-corrected chi connectivity index (χ0v) is 7.82. The van der Waals surface area contributed by atoms with Gasteiger partial charge in [0.25, 0.3) is 0 Å². The Labute approximate surface area is 77.6 Å². The summed E-state index contributed by atoms with van der Waals surface area (Å²) in [6.45, 7) is 2.10. The second kappa shape index (κ2) is 4.84. The predicted molar refractivity (Wildman–Crippen MR) is 48.7 cm³/mol. The lowest BCUT2D eigenvalue weighted by atomic mass is 10.1. The van der Waals surface area contributed by atoms with E-state index < -0.39 is 5.97 Å². The Morgan fingerprint density at radius 3 is 3.15 bits per heavy atom. The van der Waals surface area contributed by atoms with Crippen molar-refractivity contribution in [3.8, 4) is 0 Å². The topological polar surface area (TPSA) is 58.9 Å². The highest BCUT2D eigenvalue weighted by Crippen LogP contribution is 2.17. The summed E-state index contributed by atoms with van der Waals surface area (Å²) in [5.74, 6) is -0.776. The number of carboxylic acid groups (broad SMARTS) is 1. The fourth-order valence-electron chi connectivity index (χ4n) is 1.36. The summed E-state index contributed by atoms with van der Waals surface area (Å²) >= 11 is 0. The number of hydrogen-bond donors (Lipinski definition) is 1. The van der Waals surface area contributed by atoms with Crippen molar-refractivity contribution < 1.29 is 14.7 Å². The molecule has 4 nitrogen and oxygen atoms in total. The Morgan fingerprint density at radius 1 is 1.77 bits per heavy atom. The molecule has 0 fully saturated rings. The number of oxime groups is 1. The van der Waals surface area contributed by atoms with Gasteiger partial charge in [-0.2, -0.15) is 0 Å². The Hall–Kier alpha value is -1.06. The van der Waals surface area contributed by atoms with Gasteiger partial charge in [0.1, 0.15) is 6.10 Å². The third-order valence-electron chi connectivity index (χ3n) is 2.03. The highest BCUT2D eigenvalue weighted by Gasteiger charge is 2.19. The van der Waals surface area contributed by atoms with Crippen LogP contribution in [0, 0.1) is 0 Å². The first-order valence-electron chi connectivity index (χ1n) is 4.65. The monoisotopic (exact) mass is 185 g/mol. The molecule has 0 aromatic heterocycles. The molecular weight excluding hydrogens is 170 g/mol. The van der Waals surface area contributed by atoms with Crippen molar-refractivity contribution in [2.24, 2.45) is 5.16 Å². The highest BCUT2D eigenvalue weighted by atomic mass is 16.6. The summed E-state index contributed by atoms with van der Waals surface area (Å²) in [6, 6.07) is 0. The number of rotatable bonds is 5. The molecule has 0 bridgehead atoms. The number of aliphatic carboxylic acids is 1. The van der Waals surface area contributed by atoms with Crippen LogP contribution in [-0.2, 0) is 9.63 Å². The van der Waals surface area contributed by atoms with Crippen LogP contribution in [0.4, 0.5) is 0 Å². The van der Waals surface area contributed by atoms with Crippen molar-refractivity contribution in [2.45, 2.75) is 45.1 Å². The van der Waals surface area contributed by atoms with Crippen LogP contribution in [0.1, 0.15) is 39.0 Å². The van der Waals surface area contributed by atoms with Gasteiger partial charge < -0.3 is 9.94 Å². The molecule has 0 saturated carbocycles. The maximum Gasteiger partial charge on any atom is 0.303 e. The van der Waals surface area contributed by atoms with Crippen LogP contribution < -0.4 is 0 Å². The smallest absolute Gasteiger partial charge is 0.303 e. The van der Waals surface area contributed by atoms with E-state index in [2.05, 4.69) is 12.1 Å². The van der Waals surface area contributed by atoms with E-state index in [0.717, 1.165) is 25.0 Å². The molecule has 0 spiro atoms. The average molecular weight is 185 g/mol. The van der Waals surface area contributed by atoms with Gasteiger partial charge >= 0.3 is 5.97 Å². The maximum atomic E-state index is 10.3. The molecule has 1 aliphatic heterocycles. The Morgan fingerprint density at radius 2 is 2.54 bits per heavy atom. The molecule has 4 heteroatoms. The van der Waals surface area contributed by atoms with Crippen molar-refractivity contribution >= 4 is 11.7 Å². The summed E-state index contributed by atoms with van der Waals surface area (Å²) in [4.78, 5) is 15.4. The summed E-state index contributed by atoms with van der Waals surface area (Å²) in [7, 11) is 0. The van der Waals surface area contributed by atoms with Gasteiger partial charge in [0.05, 0.1) is 12.1 Å². The lowest BCUT2D eigenvalue weighted by Crippen LogP contribution is -2.08. The predicted octanol–water partition coefficient (Wildman–Crippen LogP) is 1.80. The van der Waals surface area contributed by atoms with Crippen molar-refractivity contribution in [1.29, 1.82) is 0 Å². The SMILES string of the molecule is CCCC1CC(CCC(=O)O)=NO1. The quantitative estimate of drug-likeness (QED) is 0.710. The number of hydrogen-bond acceptors (Lipinski definition) is 3. The molecule has 1 heterocycles. The largest absolute Gasteiger partial charge is 0.481 e. The van der Waals surface area contributed by atoms with Gasteiger partial charge in [-0.15, -0.1) is 0 Å². The lowest BCUT2D eigenvalue weighted by Gasteiger charge is -2.03. The highest BCUT2D eigenvalue weighted by molar-refractivity contribution is 5.87. The van der Waals surface area contributed by atoms with E-state index in [1.165, 1.54) is 0 Å². The molecule has 0 aromatic carbocycles. The molecule has 0 radical (unpaired) electrons. The third-order valence-corrected chi connectivity index (χ3v) is 2.03. The first-order valence-corrected chi connectivity index (χ1v) is 4.65. The van der Waals surface area contributed by atoms with Gasteiger partial charge in [0.15, 0.2) is 0 Å². The molecule has 13 heavy (non-hydrogen) atoms. The van der Waals surface area contributed by atoms with Gasteiger partial charge in [0, 0.05) is 6.42 Å². The molecule has 1 atom stereocenters. The van der Waals surface area contributed by atoms with Crippen LogP contribution in [0.25, 0.3) is 0 Å². The van der Waals surface area contributed by atoms with Gasteiger partial charge in [-0.3, -0.25) is 4.79 Å². The fraction of sp³-hybridized carbons (Fsp3) is 0.778. The standard InChI is InChI=1S/C9H15NO3/c1-2-3-8-6-7(10-13-8)4-5-9(11)12/h8H,2-6H2,1H3,(H,11,12). The van der Waals surface area contributed by atoms with Crippen molar-refractivity contribution in [3.63, 3.8) is 0 Å². The zero-order chi connectivity index (χ0) is 9.68. The summed E-state index contributed by atoms with van der Waals surface area (Å²) in [5, 5.41) is 12.3. The molecule has 1 N–H and O–H groups in total. The Kier molecular flexibility index (Phi) is 3.73. The number of carboxylic acids is 1. The second-order valence-electron chi connectivity index (χ2n) is 3.27. The van der Waals surface area contributed by atoms with Crippen molar-refractivity contribution in [3.05, 3.63) is 0 Å². The van der Waals surface area contributed by atoms with Crippen LogP contribution in [0.15, 0.2) is 5.16 Å². The molecule has 0 saturated heterocycles. The van der Waals surface area contributed by atoms with E-state index >= 15 is 0 Å². The minimum atomic E-state index is -0.776. The van der Waals surface area contributed by atoms with E-state index in [4.69, 9.17) is 9.94 Å². The van der Waals surface area contributed by atoms with Crippen LogP contribution >= 0.6 is 0 Å². The van der Waals surface area contributed by atoms with Gasteiger partial charge in [-0.25, -0.2) is 0 Å². The van der Waals surface area contributed by atoms with E-state index in [1.807, 2.05) is 0 Å². The van der Waals surface area contributed by atoms with Crippen LogP contribution in [0.3, 0.4) is 0 Å². The van der Waals surface area contributed by atoms with Crippen molar-refractivity contribution in [1.82, 2.24) is 0 Å². The Bertz CT molecular complexity index is 213. The molecule has 1 aliphatic rings.